The van der Waals surface area contributed by atoms with E-state index in [1.54, 1.807) is 6.07 Å². The lowest BCUT2D eigenvalue weighted by Crippen LogP contribution is -2.34. The number of aromatic carboxylic acids is 1. The molecule has 0 bridgehead atoms. The average molecular weight is 263 g/mol. The third-order valence-electron chi connectivity index (χ3n) is 3.56. The zero-order chi connectivity index (χ0) is 13.7. The molecule has 0 amide bonds. The Kier molecular flexibility index (Phi) is 4.80. The number of carboxylic acids is 1. The van der Waals surface area contributed by atoms with Gasteiger partial charge in [0.1, 0.15) is 5.76 Å². The topological polar surface area (TPSA) is 53.7 Å². The van der Waals surface area contributed by atoms with Crippen molar-refractivity contribution in [3.8, 4) is 0 Å². The van der Waals surface area contributed by atoms with Crippen molar-refractivity contribution in [1.82, 2.24) is 4.90 Å². The van der Waals surface area contributed by atoms with Gasteiger partial charge in [0.25, 0.3) is 0 Å². The maximum absolute atomic E-state index is 10.8. The van der Waals surface area contributed by atoms with Gasteiger partial charge in [-0.05, 0) is 50.8 Å². The van der Waals surface area contributed by atoms with Gasteiger partial charge >= 0.3 is 5.97 Å². The first-order chi connectivity index (χ1) is 9.19. The lowest BCUT2D eigenvalue weighted by atomic mass is 9.94. The van der Waals surface area contributed by atoms with E-state index in [4.69, 9.17) is 9.52 Å². The zero-order valence-corrected chi connectivity index (χ0v) is 11.3. The van der Waals surface area contributed by atoms with Gasteiger partial charge in [-0.3, -0.25) is 4.90 Å². The normalized spacial score (nSPS) is 21.0. The van der Waals surface area contributed by atoms with Gasteiger partial charge in [-0.1, -0.05) is 12.2 Å². The van der Waals surface area contributed by atoms with E-state index in [9.17, 15) is 4.79 Å². The van der Waals surface area contributed by atoms with E-state index in [2.05, 4.69) is 24.0 Å². The molecule has 1 aliphatic heterocycles. The van der Waals surface area contributed by atoms with E-state index in [0.29, 0.717) is 12.5 Å². The van der Waals surface area contributed by atoms with Crippen molar-refractivity contribution >= 4 is 5.97 Å². The number of nitrogens with zero attached hydrogens (tertiary/aromatic N) is 1. The third kappa shape index (κ3) is 3.96. The molecular weight excluding hydrogens is 242 g/mol. The molecule has 1 N–H and O–H groups in total. The van der Waals surface area contributed by atoms with Crippen LogP contribution in [0.15, 0.2) is 28.7 Å². The van der Waals surface area contributed by atoms with Crippen molar-refractivity contribution in [3.05, 3.63) is 35.8 Å². The zero-order valence-electron chi connectivity index (χ0n) is 11.3. The van der Waals surface area contributed by atoms with Gasteiger partial charge in [0.2, 0.25) is 5.76 Å². The Balaban J connectivity index is 1.89. The number of rotatable bonds is 5. The minimum Gasteiger partial charge on any atom is -0.475 e. The van der Waals surface area contributed by atoms with E-state index in [1.165, 1.54) is 18.9 Å². The highest BCUT2D eigenvalue weighted by molar-refractivity contribution is 5.84. The fourth-order valence-electron chi connectivity index (χ4n) is 2.61. The van der Waals surface area contributed by atoms with Gasteiger partial charge in [0, 0.05) is 6.54 Å². The smallest absolute Gasteiger partial charge is 0.371 e. The Morgan fingerprint density at radius 2 is 2.42 bits per heavy atom. The summed E-state index contributed by atoms with van der Waals surface area (Å²) in [5.41, 5.74) is 0. The van der Waals surface area contributed by atoms with E-state index in [1.807, 2.05) is 0 Å². The molecule has 2 heterocycles. The fraction of sp³-hybridized carbons (Fsp3) is 0.533. The third-order valence-corrected chi connectivity index (χ3v) is 3.56. The molecule has 0 saturated carbocycles. The number of hydrogen-bond donors (Lipinski definition) is 1. The van der Waals surface area contributed by atoms with Crippen LogP contribution in [-0.2, 0) is 6.54 Å². The summed E-state index contributed by atoms with van der Waals surface area (Å²) in [6.45, 7) is 4.89. The molecule has 1 aromatic rings. The molecule has 19 heavy (non-hydrogen) atoms. The molecule has 0 aromatic carbocycles. The summed E-state index contributed by atoms with van der Waals surface area (Å²) in [5, 5.41) is 8.83. The molecular formula is C15H21NO3. The SMILES string of the molecule is C/C=C/CC1CCCN(Cc2ccc(C(=O)O)o2)C1. The minimum atomic E-state index is -1.00. The molecule has 1 saturated heterocycles. The molecule has 1 atom stereocenters. The molecule has 1 aliphatic rings. The van der Waals surface area contributed by atoms with Crippen LogP contribution in [0.2, 0.25) is 0 Å². The van der Waals surface area contributed by atoms with Crippen molar-refractivity contribution < 1.29 is 14.3 Å². The van der Waals surface area contributed by atoms with Crippen LogP contribution in [0.1, 0.15) is 42.5 Å². The Bertz CT molecular complexity index is 450. The first-order valence-corrected chi connectivity index (χ1v) is 6.84. The van der Waals surface area contributed by atoms with Gasteiger partial charge < -0.3 is 9.52 Å². The highest BCUT2D eigenvalue weighted by atomic mass is 16.4. The number of likely N-dealkylation sites (tertiary alicyclic amines) is 1. The van der Waals surface area contributed by atoms with E-state index in [0.717, 1.165) is 25.3 Å². The van der Waals surface area contributed by atoms with Crippen LogP contribution in [-0.4, -0.2) is 29.1 Å². The van der Waals surface area contributed by atoms with E-state index in [-0.39, 0.29) is 5.76 Å². The predicted octanol–water partition coefficient (Wildman–Crippen LogP) is 3.16. The standard InChI is InChI=1S/C15H21NO3/c1-2-3-5-12-6-4-9-16(10-12)11-13-7-8-14(19-13)15(17)18/h2-3,7-8,12H,4-6,9-11H2,1H3,(H,17,18)/b3-2+. The molecule has 0 aliphatic carbocycles. The second-order valence-corrected chi connectivity index (χ2v) is 5.12. The molecule has 0 radical (unpaired) electrons. The molecule has 1 unspecified atom stereocenters. The lowest BCUT2D eigenvalue weighted by molar-refractivity contribution is 0.0656. The summed E-state index contributed by atoms with van der Waals surface area (Å²) in [6, 6.07) is 3.29. The summed E-state index contributed by atoms with van der Waals surface area (Å²) in [4.78, 5) is 13.1. The van der Waals surface area contributed by atoms with Crippen LogP contribution >= 0.6 is 0 Å². The Morgan fingerprint density at radius 3 is 3.11 bits per heavy atom. The molecule has 4 nitrogen and oxygen atoms in total. The molecule has 1 aromatic heterocycles. The molecule has 104 valence electrons. The van der Waals surface area contributed by atoms with Crippen LogP contribution in [0.5, 0.6) is 0 Å². The van der Waals surface area contributed by atoms with Crippen molar-refractivity contribution in [2.45, 2.75) is 32.7 Å². The van der Waals surface area contributed by atoms with Crippen LogP contribution in [0.25, 0.3) is 0 Å². The first-order valence-electron chi connectivity index (χ1n) is 6.84. The predicted molar refractivity (Wildman–Crippen MR) is 73.1 cm³/mol. The van der Waals surface area contributed by atoms with Crippen LogP contribution in [0.4, 0.5) is 0 Å². The maximum Gasteiger partial charge on any atom is 0.371 e. The fourth-order valence-corrected chi connectivity index (χ4v) is 2.61. The van der Waals surface area contributed by atoms with Crippen LogP contribution < -0.4 is 0 Å². The molecule has 0 spiro atoms. The minimum absolute atomic E-state index is 0.0254. The van der Waals surface area contributed by atoms with E-state index >= 15 is 0 Å². The number of carbonyl (C=O) groups is 1. The second-order valence-electron chi connectivity index (χ2n) is 5.12. The quantitative estimate of drug-likeness (QED) is 0.829. The number of allylic oxidation sites excluding steroid dienone is 2. The van der Waals surface area contributed by atoms with Gasteiger partial charge in [0.15, 0.2) is 0 Å². The summed E-state index contributed by atoms with van der Waals surface area (Å²) >= 11 is 0. The Morgan fingerprint density at radius 1 is 1.58 bits per heavy atom. The average Bonchev–Trinajstić information content (AvgIpc) is 2.85. The number of furan rings is 1. The van der Waals surface area contributed by atoms with Crippen LogP contribution in [0, 0.1) is 5.92 Å². The summed E-state index contributed by atoms with van der Waals surface area (Å²) in [5.74, 6) is 0.469. The maximum atomic E-state index is 10.8. The van der Waals surface area contributed by atoms with Crippen LogP contribution in [0.3, 0.4) is 0 Å². The lowest BCUT2D eigenvalue weighted by Gasteiger charge is -2.31. The highest BCUT2D eigenvalue weighted by Crippen LogP contribution is 2.22. The van der Waals surface area contributed by atoms with Crippen molar-refractivity contribution in [2.75, 3.05) is 13.1 Å². The Hall–Kier alpha value is -1.55. The number of piperidine rings is 1. The largest absolute Gasteiger partial charge is 0.475 e. The number of hydrogen-bond acceptors (Lipinski definition) is 3. The monoisotopic (exact) mass is 263 g/mol. The molecule has 1 fully saturated rings. The van der Waals surface area contributed by atoms with Crippen molar-refractivity contribution in [2.24, 2.45) is 5.92 Å². The molecule has 4 heteroatoms. The molecule has 2 rings (SSSR count). The van der Waals surface area contributed by atoms with Crippen molar-refractivity contribution in [3.63, 3.8) is 0 Å². The first kappa shape index (κ1) is 13.9. The van der Waals surface area contributed by atoms with E-state index < -0.39 is 5.97 Å². The van der Waals surface area contributed by atoms with Gasteiger partial charge in [-0.2, -0.15) is 0 Å². The van der Waals surface area contributed by atoms with Gasteiger partial charge in [-0.25, -0.2) is 4.79 Å². The summed E-state index contributed by atoms with van der Waals surface area (Å²) < 4.78 is 5.31. The van der Waals surface area contributed by atoms with Gasteiger partial charge in [-0.15, -0.1) is 0 Å². The highest BCUT2D eigenvalue weighted by Gasteiger charge is 2.20. The van der Waals surface area contributed by atoms with Crippen molar-refractivity contribution in [1.29, 1.82) is 0 Å². The number of carboxylic acid groups (broad SMARTS) is 1. The second kappa shape index (κ2) is 6.57. The summed E-state index contributed by atoms with van der Waals surface area (Å²) in [6.07, 6.45) is 7.94. The summed E-state index contributed by atoms with van der Waals surface area (Å²) in [7, 11) is 0. The Labute approximate surface area is 113 Å². The van der Waals surface area contributed by atoms with Gasteiger partial charge in [0.05, 0.1) is 6.54 Å².